The van der Waals surface area contributed by atoms with Gasteiger partial charge in [-0.3, -0.25) is 0 Å². The Hall–Kier alpha value is -1.21. The van der Waals surface area contributed by atoms with Crippen molar-refractivity contribution in [3.8, 4) is 5.88 Å². The molecule has 0 radical (unpaired) electrons. The summed E-state index contributed by atoms with van der Waals surface area (Å²) in [6, 6.07) is 3.57. The van der Waals surface area contributed by atoms with Crippen LogP contribution in [0.5, 0.6) is 5.88 Å². The molecule has 1 atom stereocenters. The first kappa shape index (κ1) is 14.8. The summed E-state index contributed by atoms with van der Waals surface area (Å²) in [7, 11) is 0.445. The van der Waals surface area contributed by atoms with Crippen molar-refractivity contribution < 1.29 is 13.2 Å². The Morgan fingerprint density at radius 2 is 2.11 bits per heavy atom. The van der Waals surface area contributed by atoms with Crippen molar-refractivity contribution in [2.45, 2.75) is 18.9 Å². The summed E-state index contributed by atoms with van der Waals surface area (Å²) in [4.78, 5) is 0. The molecule has 18 heavy (non-hydrogen) atoms. The molecule has 0 amide bonds. The monoisotopic (exact) mass is 273 g/mol. The van der Waals surface area contributed by atoms with Crippen LogP contribution in [-0.2, 0) is 9.84 Å². The van der Waals surface area contributed by atoms with Crippen LogP contribution in [0.25, 0.3) is 0 Å². The molecule has 102 valence electrons. The van der Waals surface area contributed by atoms with Crippen LogP contribution in [0.3, 0.4) is 0 Å². The summed E-state index contributed by atoms with van der Waals surface area (Å²) >= 11 is 0. The number of aromatic nitrogens is 2. The molecule has 0 aliphatic rings. The molecule has 1 rings (SSSR count). The van der Waals surface area contributed by atoms with Crippen molar-refractivity contribution in [1.82, 2.24) is 15.5 Å². The van der Waals surface area contributed by atoms with Gasteiger partial charge in [0.15, 0.2) is 0 Å². The van der Waals surface area contributed by atoms with Gasteiger partial charge in [-0.2, -0.15) is 5.10 Å². The fraction of sp³-hybridized carbons (Fsp3) is 0.636. The zero-order valence-electron chi connectivity index (χ0n) is 10.9. The molecular weight excluding hydrogens is 254 g/mol. The van der Waals surface area contributed by atoms with Crippen molar-refractivity contribution in [1.29, 1.82) is 0 Å². The Kier molecular flexibility index (Phi) is 5.49. The van der Waals surface area contributed by atoms with Gasteiger partial charge in [0.25, 0.3) is 0 Å². The van der Waals surface area contributed by atoms with Gasteiger partial charge in [0, 0.05) is 18.1 Å². The van der Waals surface area contributed by atoms with Crippen molar-refractivity contribution in [2.24, 2.45) is 0 Å². The quantitative estimate of drug-likeness (QED) is 0.782. The predicted octanol–water partition coefficient (Wildman–Crippen LogP) is 0.571. The molecule has 1 N–H and O–H groups in total. The molecule has 1 aromatic heterocycles. The molecular formula is C11H19N3O3S. The van der Waals surface area contributed by atoms with E-state index in [1.54, 1.807) is 6.07 Å². The van der Waals surface area contributed by atoms with Crippen molar-refractivity contribution in [3.05, 3.63) is 17.8 Å². The molecule has 0 saturated carbocycles. The second-order valence-electron chi connectivity index (χ2n) is 4.11. The Labute approximate surface area is 108 Å². The molecule has 0 fully saturated rings. The molecule has 0 aliphatic carbocycles. The third-order valence-corrected chi connectivity index (χ3v) is 3.61. The topological polar surface area (TPSA) is 81.2 Å². The lowest BCUT2D eigenvalue weighted by Crippen LogP contribution is -2.19. The lowest BCUT2D eigenvalue weighted by atomic mass is 10.1. The SMILES string of the molecule is CNC(CCCS(C)(=O)=O)c1ccc(OC)nn1. The highest BCUT2D eigenvalue weighted by Gasteiger charge is 2.12. The van der Waals surface area contributed by atoms with Crippen LogP contribution in [0.4, 0.5) is 0 Å². The number of sulfone groups is 1. The second-order valence-corrected chi connectivity index (χ2v) is 6.37. The molecule has 0 saturated heterocycles. The first-order chi connectivity index (χ1) is 8.46. The third kappa shape index (κ3) is 4.97. The fourth-order valence-corrected chi connectivity index (χ4v) is 2.31. The number of rotatable bonds is 7. The van der Waals surface area contributed by atoms with E-state index in [0.717, 1.165) is 5.69 Å². The van der Waals surface area contributed by atoms with Crippen molar-refractivity contribution in [3.63, 3.8) is 0 Å². The Morgan fingerprint density at radius 3 is 2.56 bits per heavy atom. The summed E-state index contributed by atoms with van der Waals surface area (Å²) in [6.45, 7) is 0. The number of hydrogen-bond acceptors (Lipinski definition) is 6. The van der Waals surface area contributed by atoms with Crippen LogP contribution in [0.1, 0.15) is 24.6 Å². The molecule has 0 aromatic carbocycles. The minimum atomic E-state index is -2.90. The lowest BCUT2D eigenvalue weighted by molar-refractivity contribution is 0.389. The van der Waals surface area contributed by atoms with E-state index in [9.17, 15) is 8.42 Å². The van der Waals surface area contributed by atoms with Crippen molar-refractivity contribution >= 4 is 9.84 Å². The van der Waals surface area contributed by atoms with Gasteiger partial charge in [-0.05, 0) is 26.0 Å². The van der Waals surface area contributed by atoms with Gasteiger partial charge >= 0.3 is 0 Å². The van der Waals surface area contributed by atoms with E-state index in [0.29, 0.717) is 18.7 Å². The maximum atomic E-state index is 11.1. The van der Waals surface area contributed by atoms with E-state index in [1.807, 2.05) is 13.1 Å². The maximum absolute atomic E-state index is 11.1. The molecule has 1 unspecified atom stereocenters. The summed E-state index contributed by atoms with van der Waals surface area (Å²) < 4.78 is 27.0. The normalized spacial score (nSPS) is 13.3. The minimum Gasteiger partial charge on any atom is -0.480 e. The maximum Gasteiger partial charge on any atom is 0.233 e. The smallest absolute Gasteiger partial charge is 0.233 e. The van der Waals surface area contributed by atoms with E-state index in [-0.39, 0.29) is 11.8 Å². The first-order valence-electron chi connectivity index (χ1n) is 5.69. The minimum absolute atomic E-state index is 0.00477. The number of nitrogens with one attached hydrogen (secondary N) is 1. The van der Waals surface area contributed by atoms with E-state index in [4.69, 9.17) is 4.74 Å². The van der Waals surface area contributed by atoms with Crippen LogP contribution in [0, 0.1) is 0 Å². The van der Waals surface area contributed by atoms with E-state index >= 15 is 0 Å². The van der Waals surface area contributed by atoms with Crippen molar-refractivity contribution in [2.75, 3.05) is 26.2 Å². The predicted molar refractivity (Wildman–Crippen MR) is 69.3 cm³/mol. The van der Waals surface area contributed by atoms with Crippen LogP contribution in [0.15, 0.2) is 12.1 Å². The third-order valence-electron chi connectivity index (χ3n) is 2.58. The highest BCUT2D eigenvalue weighted by atomic mass is 32.2. The molecule has 0 aliphatic heterocycles. The van der Waals surface area contributed by atoms with Gasteiger partial charge in [0.2, 0.25) is 5.88 Å². The highest BCUT2D eigenvalue weighted by molar-refractivity contribution is 7.90. The molecule has 0 bridgehead atoms. The van der Waals surface area contributed by atoms with Gasteiger partial charge < -0.3 is 10.1 Å². The van der Waals surface area contributed by atoms with Gasteiger partial charge in [-0.1, -0.05) is 0 Å². The molecule has 0 spiro atoms. The summed E-state index contributed by atoms with van der Waals surface area (Å²) in [5.41, 5.74) is 0.784. The van der Waals surface area contributed by atoms with Crippen LogP contribution < -0.4 is 10.1 Å². The fourth-order valence-electron chi connectivity index (χ4n) is 1.61. The highest BCUT2D eigenvalue weighted by Crippen LogP contribution is 2.17. The number of methoxy groups -OCH3 is 1. The molecule has 6 nitrogen and oxygen atoms in total. The van der Waals surface area contributed by atoms with Gasteiger partial charge in [-0.15, -0.1) is 5.10 Å². The van der Waals surface area contributed by atoms with E-state index in [1.165, 1.54) is 13.4 Å². The van der Waals surface area contributed by atoms with Gasteiger partial charge in [-0.25, -0.2) is 8.42 Å². The Balaban J connectivity index is 2.59. The van der Waals surface area contributed by atoms with Crippen LogP contribution in [0.2, 0.25) is 0 Å². The summed E-state index contributed by atoms with van der Waals surface area (Å²) in [5, 5.41) is 11.0. The average Bonchev–Trinajstić information content (AvgIpc) is 2.34. The number of ether oxygens (including phenoxy) is 1. The van der Waals surface area contributed by atoms with E-state index < -0.39 is 9.84 Å². The molecule has 1 aromatic rings. The summed E-state index contributed by atoms with van der Waals surface area (Å²) in [5.74, 6) is 0.652. The Morgan fingerprint density at radius 1 is 1.39 bits per heavy atom. The first-order valence-corrected chi connectivity index (χ1v) is 7.75. The zero-order valence-corrected chi connectivity index (χ0v) is 11.7. The Bertz CT molecular complexity index is 459. The van der Waals surface area contributed by atoms with Gasteiger partial charge in [0.1, 0.15) is 9.84 Å². The lowest BCUT2D eigenvalue weighted by Gasteiger charge is -2.14. The average molecular weight is 273 g/mol. The number of hydrogen-bond donors (Lipinski definition) is 1. The standard InChI is InChI=1S/C11H19N3O3S/c1-12-9(5-4-8-18(3,15)16)10-6-7-11(17-2)14-13-10/h6-7,9,12H,4-5,8H2,1-3H3. The zero-order chi connectivity index (χ0) is 13.6. The van der Waals surface area contributed by atoms with Crippen LogP contribution >= 0.6 is 0 Å². The van der Waals surface area contributed by atoms with Crippen LogP contribution in [-0.4, -0.2) is 44.8 Å². The molecule has 1 heterocycles. The largest absolute Gasteiger partial charge is 0.480 e. The summed E-state index contributed by atoms with van der Waals surface area (Å²) in [6.07, 6.45) is 2.54. The molecule has 7 heteroatoms. The van der Waals surface area contributed by atoms with Gasteiger partial charge in [0.05, 0.1) is 18.8 Å². The number of nitrogens with zero attached hydrogens (tertiary/aromatic N) is 2. The van der Waals surface area contributed by atoms with E-state index in [2.05, 4.69) is 15.5 Å². The second kappa shape index (κ2) is 6.65.